The molecule has 1 aromatic heterocycles. The summed E-state index contributed by atoms with van der Waals surface area (Å²) in [5.74, 6) is 2.69. The molecule has 27 heavy (non-hydrogen) atoms. The predicted molar refractivity (Wildman–Crippen MR) is 105 cm³/mol. The third kappa shape index (κ3) is 4.76. The van der Waals surface area contributed by atoms with Crippen molar-refractivity contribution in [2.24, 2.45) is 11.8 Å². The van der Waals surface area contributed by atoms with Crippen LogP contribution in [0, 0.1) is 11.8 Å². The van der Waals surface area contributed by atoms with Crippen LogP contribution in [-0.2, 0) is 17.8 Å². The Hall–Kier alpha value is -2.17. The van der Waals surface area contributed by atoms with E-state index in [4.69, 9.17) is 0 Å². The maximum absolute atomic E-state index is 12.5. The molecule has 1 aliphatic heterocycles. The molecule has 0 radical (unpaired) electrons. The average Bonchev–Trinajstić information content (AvgIpc) is 3.36. The lowest BCUT2D eigenvalue weighted by Crippen LogP contribution is -2.39. The van der Waals surface area contributed by atoms with E-state index < -0.39 is 0 Å². The molecule has 1 aliphatic carbocycles. The average molecular weight is 367 g/mol. The van der Waals surface area contributed by atoms with Gasteiger partial charge >= 0.3 is 0 Å². The van der Waals surface area contributed by atoms with E-state index in [9.17, 15) is 4.79 Å². The second-order valence-corrected chi connectivity index (χ2v) is 8.24. The molecule has 1 saturated heterocycles. The highest BCUT2D eigenvalue weighted by Gasteiger charge is 2.26. The Balaban J connectivity index is 1.27. The monoisotopic (exact) mass is 366 g/mol. The van der Waals surface area contributed by atoms with Crippen LogP contribution in [0.5, 0.6) is 0 Å². The van der Waals surface area contributed by atoms with Crippen LogP contribution in [0.25, 0.3) is 0 Å². The van der Waals surface area contributed by atoms with Gasteiger partial charge in [0.1, 0.15) is 12.2 Å². The van der Waals surface area contributed by atoms with Gasteiger partial charge in [0.25, 0.3) is 0 Å². The van der Waals surface area contributed by atoms with Crippen molar-refractivity contribution in [2.45, 2.75) is 57.9 Å². The zero-order valence-corrected chi connectivity index (χ0v) is 16.1. The SMILES string of the molecule is O=C(CC1CCCC1)N1CCC(Cc2nncn2Cc2ccccc2)CC1. The summed E-state index contributed by atoms with van der Waals surface area (Å²) in [6.07, 6.45) is 10.8. The van der Waals surface area contributed by atoms with Gasteiger partial charge in [-0.3, -0.25) is 4.79 Å². The highest BCUT2D eigenvalue weighted by molar-refractivity contribution is 5.76. The molecule has 0 bridgehead atoms. The number of rotatable bonds is 6. The van der Waals surface area contributed by atoms with Gasteiger partial charge in [0.05, 0.1) is 6.54 Å². The topological polar surface area (TPSA) is 51.0 Å². The molecule has 0 unspecified atom stereocenters. The number of hydrogen-bond acceptors (Lipinski definition) is 3. The van der Waals surface area contributed by atoms with Crippen LogP contribution in [-0.4, -0.2) is 38.7 Å². The van der Waals surface area contributed by atoms with Crippen molar-refractivity contribution in [3.63, 3.8) is 0 Å². The van der Waals surface area contributed by atoms with Crippen molar-refractivity contribution in [1.82, 2.24) is 19.7 Å². The molecule has 0 N–H and O–H groups in total. The van der Waals surface area contributed by atoms with E-state index in [-0.39, 0.29) is 0 Å². The number of carbonyl (C=O) groups is 1. The molecular weight excluding hydrogens is 336 g/mol. The normalized spacial score (nSPS) is 18.9. The predicted octanol–water partition coefficient (Wildman–Crippen LogP) is 3.69. The fourth-order valence-electron chi connectivity index (χ4n) is 4.58. The number of likely N-dealkylation sites (tertiary alicyclic amines) is 1. The summed E-state index contributed by atoms with van der Waals surface area (Å²) < 4.78 is 2.16. The van der Waals surface area contributed by atoms with Gasteiger partial charge < -0.3 is 9.47 Å². The molecule has 144 valence electrons. The van der Waals surface area contributed by atoms with Gasteiger partial charge in [0.2, 0.25) is 5.91 Å². The number of benzene rings is 1. The Labute approximate surface area is 161 Å². The van der Waals surface area contributed by atoms with Gasteiger partial charge in [0, 0.05) is 25.9 Å². The Morgan fingerprint density at radius 2 is 1.74 bits per heavy atom. The highest BCUT2D eigenvalue weighted by Crippen LogP contribution is 2.29. The number of piperidine rings is 1. The molecule has 2 aliphatic rings. The maximum atomic E-state index is 12.5. The molecule has 4 rings (SSSR count). The molecular formula is C22H30N4O. The number of carbonyl (C=O) groups excluding carboxylic acids is 1. The van der Waals surface area contributed by atoms with Crippen LogP contribution >= 0.6 is 0 Å². The van der Waals surface area contributed by atoms with Gasteiger partial charge in [-0.05, 0) is 43.1 Å². The number of aromatic nitrogens is 3. The molecule has 0 spiro atoms. The van der Waals surface area contributed by atoms with Crippen LogP contribution in [0.2, 0.25) is 0 Å². The lowest BCUT2D eigenvalue weighted by Gasteiger charge is -2.32. The largest absolute Gasteiger partial charge is 0.343 e. The van der Waals surface area contributed by atoms with E-state index in [1.807, 2.05) is 12.4 Å². The minimum atomic E-state index is 0.382. The fraction of sp³-hybridized carbons (Fsp3) is 0.591. The van der Waals surface area contributed by atoms with Crippen molar-refractivity contribution in [2.75, 3.05) is 13.1 Å². The number of hydrogen-bond donors (Lipinski definition) is 0. The number of nitrogens with zero attached hydrogens (tertiary/aromatic N) is 4. The molecule has 1 amide bonds. The van der Waals surface area contributed by atoms with Crippen LogP contribution in [0.1, 0.15) is 56.3 Å². The fourth-order valence-corrected chi connectivity index (χ4v) is 4.58. The van der Waals surface area contributed by atoms with Gasteiger partial charge in [-0.25, -0.2) is 0 Å². The molecule has 2 heterocycles. The third-order valence-electron chi connectivity index (χ3n) is 6.27. The van der Waals surface area contributed by atoms with E-state index in [2.05, 4.69) is 43.9 Å². The molecule has 1 aromatic carbocycles. The number of amides is 1. The van der Waals surface area contributed by atoms with E-state index >= 15 is 0 Å². The Kier molecular flexibility index (Phi) is 5.85. The molecule has 2 aromatic rings. The molecule has 5 heteroatoms. The van der Waals surface area contributed by atoms with Crippen LogP contribution in [0.3, 0.4) is 0 Å². The zero-order chi connectivity index (χ0) is 18.5. The van der Waals surface area contributed by atoms with Crippen LogP contribution in [0.15, 0.2) is 36.7 Å². The second-order valence-electron chi connectivity index (χ2n) is 8.24. The third-order valence-corrected chi connectivity index (χ3v) is 6.27. The van der Waals surface area contributed by atoms with Crippen molar-refractivity contribution in [3.05, 3.63) is 48.0 Å². The summed E-state index contributed by atoms with van der Waals surface area (Å²) in [6, 6.07) is 10.4. The Morgan fingerprint density at radius 1 is 1.00 bits per heavy atom. The van der Waals surface area contributed by atoms with E-state index in [0.29, 0.717) is 17.7 Å². The van der Waals surface area contributed by atoms with Gasteiger partial charge in [-0.1, -0.05) is 43.2 Å². The maximum Gasteiger partial charge on any atom is 0.222 e. The van der Waals surface area contributed by atoms with Crippen LogP contribution < -0.4 is 0 Å². The van der Waals surface area contributed by atoms with Crippen LogP contribution in [0.4, 0.5) is 0 Å². The smallest absolute Gasteiger partial charge is 0.222 e. The Bertz CT molecular complexity index is 728. The van der Waals surface area contributed by atoms with Gasteiger partial charge in [-0.15, -0.1) is 10.2 Å². The quantitative estimate of drug-likeness (QED) is 0.783. The van der Waals surface area contributed by atoms with E-state index in [1.165, 1.54) is 31.2 Å². The van der Waals surface area contributed by atoms with Crippen molar-refractivity contribution in [1.29, 1.82) is 0 Å². The minimum absolute atomic E-state index is 0.382. The van der Waals surface area contributed by atoms with Crippen molar-refractivity contribution in [3.8, 4) is 0 Å². The van der Waals surface area contributed by atoms with E-state index in [1.54, 1.807) is 0 Å². The summed E-state index contributed by atoms with van der Waals surface area (Å²) in [4.78, 5) is 14.6. The lowest BCUT2D eigenvalue weighted by molar-refractivity contribution is -0.133. The summed E-state index contributed by atoms with van der Waals surface area (Å²) in [5.41, 5.74) is 1.27. The van der Waals surface area contributed by atoms with Gasteiger partial charge in [0.15, 0.2) is 0 Å². The lowest BCUT2D eigenvalue weighted by atomic mass is 9.92. The molecule has 1 saturated carbocycles. The molecule has 0 atom stereocenters. The van der Waals surface area contributed by atoms with E-state index in [0.717, 1.165) is 51.1 Å². The first kappa shape index (κ1) is 18.2. The summed E-state index contributed by atoms with van der Waals surface area (Å²) in [6.45, 7) is 2.63. The standard InChI is InChI=1S/C22H30N4O/c27-22(15-18-6-4-5-7-18)25-12-10-19(11-13-25)14-21-24-23-17-26(21)16-20-8-2-1-3-9-20/h1-3,8-9,17-19H,4-7,10-16H2. The zero-order valence-electron chi connectivity index (χ0n) is 16.1. The first-order chi connectivity index (χ1) is 13.3. The first-order valence-corrected chi connectivity index (χ1v) is 10.5. The summed E-state index contributed by atoms with van der Waals surface area (Å²) >= 11 is 0. The van der Waals surface area contributed by atoms with Crippen molar-refractivity contribution >= 4 is 5.91 Å². The summed E-state index contributed by atoms with van der Waals surface area (Å²) in [7, 11) is 0. The molecule has 2 fully saturated rings. The van der Waals surface area contributed by atoms with Gasteiger partial charge in [-0.2, -0.15) is 0 Å². The summed E-state index contributed by atoms with van der Waals surface area (Å²) in [5, 5.41) is 8.49. The molecule has 5 nitrogen and oxygen atoms in total. The highest BCUT2D eigenvalue weighted by atomic mass is 16.2. The Morgan fingerprint density at radius 3 is 2.48 bits per heavy atom. The second kappa shape index (κ2) is 8.68. The van der Waals surface area contributed by atoms with Crippen molar-refractivity contribution < 1.29 is 4.79 Å². The minimum Gasteiger partial charge on any atom is -0.343 e. The first-order valence-electron chi connectivity index (χ1n) is 10.5.